The summed E-state index contributed by atoms with van der Waals surface area (Å²) < 4.78 is 0. The molecule has 0 saturated heterocycles. The zero-order valence-corrected chi connectivity index (χ0v) is 25.8. The van der Waals surface area contributed by atoms with Gasteiger partial charge in [0.2, 0.25) is 5.91 Å². The maximum Gasteiger partial charge on any atom is 0.222 e. The van der Waals surface area contributed by atoms with Crippen LogP contribution in [0.3, 0.4) is 0 Å². The zero-order valence-electron chi connectivity index (χ0n) is 25.8. The number of hydrogen-bond donors (Lipinski definition) is 4. The molecule has 0 aliphatic heterocycles. The van der Waals surface area contributed by atoms with E-state index in [4.69, 9.17) is 0 Å². The summed E-state index contributed by atoms with van der Waals surface area (Å²) in [6.45, 7) is 4.14. The molecular weight excluding hydrogens is 486 g/mol. The van der Waals surface area contributed by atoms with Crippen LogP contribution in [0.4, 0.5) is 0 Å². The average molecular weight is 552 g/mol. The van der Waals surface area contributed by atoms with Crippen molar-refractivity contribution in [2.75, 3.05) is 6.61 Å². The lowest BCUT2D eigenvalue weighted by molar-refractivity contribution is -0.124. The highest BCUT2D eigenvalue weighted by Crippen LogP contribution is 2.13. The van der Waals surface area contributed by atoms with Gasteiger partial charge in [-0.25, -0.2) is 0 Å². The molecule has 0 aromatic rings. The number of hydrogen-bond acceptors (Lipinski definition) is 4. The van der Waals surface area contributed by atoms with Gasteiger partial charge in [0.1, 0.15) is 0 Å². The molecule has 0 spiro atoms. The van der Waals surface area contributed by atoms with Crippen LogP contribution < -0.4 is 5.32 Å². The fourth-order valence-electron chi connectivity index (χ4n) is 4.88. The summed E-state index contributed by atoms with van der Waals surface area (Å²) in [7, 11) is 0. The predicted molar refractivity (Wildman–Crippen MR) is 167 cm³/mol. The number of allylic oxidation sites excluding steroid dienone is 3. The van der Waals surface area contributed by atoms with Crippen LogP contribution in [-0.2, 0) is 4.79 Å². The molecule has 0 aromatic carbocycles. The van der Waals surface area contributed by atoms with E-state index >= 15 is 0 Å². The number of aliphatic hydroxyl groups excluding tert-OH is 3. The highest BCUT2D eigenvalue weighted by Gasteiger charge is 2.20. The van der Waals surface area contributed by atoms with Gasteiger partial charge in [-0.15, -0.1) is 0 Å². The number of rotatable bonds is 29. The van der Waals surface area contributed by atoms with Crippen LogP contribution >= 0.6 is 0 Å². The Labute approximate surface area is 241 Å². The summed E-state index contributed by atoms with van der Waals surface area (Å²) in [6, 6.07) is -0.754. The van der Waals surface area contributed by atoms with E-state index in [0.29, 0.717) is 6.42 Å². The number of carbonyl (C=O) groups excluding carboxylic acids is 1. The Morgan fingerprint density at radius 3 is 1.64 bits per heavy atom. The van der Waals surface area contributed by atoms with Gasteiger partial charge in [0.25, 0.3) is 0 Å². The van der Waals surface area contributed by atoms with Crippen molar-refractivity contribution in [3.05, 3.63) is 24.3 Å². The first kappa shape index (κ1) is 37.8. The molecular formula is C34H65NO4. The molecule has 3 atom stereocenters. The fourth-order valence-corrected chi connectivity index (χ4v) is 4.88. The lowest BCUT2D eigenvalue weighted by Gasteiger charge is -2.21. The monoisotopic (exact) mass is 551 g/mol. The lowest BCUT2D eigenvalue weighted by atomic mass is 10.0. The third-order valence-corrected chi connectivity index (χ3v) is 7.49. The molecule has 0 aromatic heterocycles. The van der Waals surface area contributed by atoms with Crippen molar-refractivity contribution in [3.63, 3.8) is 0 Å². The van der Waals surface area contributed by atoms with Crippen LogP contribution in [0, 0.1) is 0 Å². The molecule has 0 fully saturated rings. The third kappa shape index (κ3) is 26.8. The summed E-state index contributed by atoms with van der Waals surface area (Å²) in [5.74, 6) is -0.330. The Morgan fingerprint density at radius 1 is 0.641 bits per heavy atom. The van der Waals surface area contributed by atoms with Crippen molar-refractivity contribution in [2.24, 2.45) is 0 Å². The Bertz CT molecular complexity index is 578. The quantitative estimate of drug-likeness (QED) is 0.0556. The molecule has 0 saturated carbocycles. The number of amides is 1. The Hall–Kier alpha value is -1.17. The number of aliphatic hydroxyl groups is 3. The van der Waals surface area contributed by atoms with Crippen LogP contribution in [0.5, 0.6) is 0 Å². The summed E-state index contributed by atoms with van der Waals surface area (Å²) in [5, 5.41) is 32.8. The van der Waals surface area contributed by atoms with Gasteiger partial charge < -0.3 is 20.6 Å². The summed E-state index contributed by atoms with van der Waals surface area (Å²) in [4.78, 5) is 12.3. The fraction of sp³-hybridized carbons (Fsp3) is 0.853. The molecule has 0 aliphatic rings. The van der Waals surface area contributed by atoms with Crippen molar-refractivity contribution < 1.29 is 20.1 Å². The minimum absolute atomic E-state index is 0.00722. The van der Waals surface area contributed by atoms with Crippen LogP contribution in [0.15, 0.2) is 24.3 Å². The molecule has 4 N–H and O–H groups in total. The van der Waals surface area contributed by atoms with Gasteiger partial charge in [-0.3, -0.25) is 4.79 Å². The van der Waals surface area contributed by atoms with Gasteiger partial charge in [-0.2, -0.15) is 0 Å². The molecule has 0 bridgehead atoms. The molecule has 3 unspecified atom stereocenters. The normalized spacial score (nSPS) is 14.3. The second-order valence-corrected chi connectivity index (χ2v) is 11.4. The van der Waals surface area contributed by atoms with Gasteiger partial charge in [0, 0.05) is 0 Å². The van der Waals surface area contributed by atoms with E-state index in [1.165, 1.54) is 103 Å². The van der Waals surface area contributed by atoms with E-state index in [-0.39, 0.29) is 18.9 Å². The van der Waals surface area contributed by atoms with Crippen LogP contribution in [-0.4, -0.2) is 46.1 Å². The van der Waals surface area contributed by atoms with Gasteiger partial charge in [0.15, 0.2) is 0 Å². The van der Waals surface area contributed by atoms with E-state index in [2.05, 4.69) is 31.3 Å². The van der Waals surface area contributed by atoms with Crippen LogP contribution in [0.1, 0.15) is 162 Å². The summed E-state index contributed by atoms with van der Waals surface area (Å²) >= 11 is 0. The van der Waals surface area contributed by atoms with E-state index in [9.17, 15) is 20.1 Å². The zero-order chi connectivity index (χ0) is 28.8. The van der Waals surface area contributed by atoms with E-state index in [1.807, 2.05) is 6.08 Å². The first-order valence-corrected chi connectivity index (χ1v) is 16.6. The summed E-state index contributed by atoms with van der Waals surface area (Å²) in [6.07, 6.45) is 33.1. The first-order chi connectivity index (χ1) is 19.0. The van der Waals surface area contributed by atoms with Crippen molar-refractivity contribution in [2.45, 2.75) is 180 Å². The van der Waals surface area contributed by atoms with Crippen LogP contribution in [0.25, 0.3) is 0 Å². The minimum atomic E-state index is -0.945. The molecule has 39 heavy (non-hydrogen) atoms. The van der Waals surface area contributed by atoms with Gasteiger partial charge in [0.05, 0.1) is 31.3 Å². The van der Waals surface area contributed by atoms with Crippen molar-refractivity contribution in [1.29, 1.82) is 0 Å². The van der Waals surface area contributed by atoms with E-state index in [0.717, 1.165) is 32.1 Å². The van der Waals surface area contributed by atoms with Gasteiger partial charge >= 0.3 is 0 Å². The first-order valence-electron chi connectivity index (χ1n) is 16.6. The SMILES string of the molecule is CCCCCCCCCCCC/C=C/CC/C=C/C(O)C(CO)NC(=O)CC(O)CCCCCCCCCC. The maximum absolute atomic E-state index is 12.3. The smallest absolute Gasteiger partial charge is 0.222 e. The average Bonchev–Trinajstić information content (AvgIpc) is 2.92. The number of unbranched alkanes of at least 4 members (excludes halogenated alkanes) is 18. The molecule has 230 valence electrons. The molecule has 5 heteroatoms. The second kappa shape index (κ2) is 29.8. The van der Waals surface area contributed by atoms with Crippen molar-refractivity contribution in [3.8, 4) is 0 Å². The molecule has 1 amide bonds. The van der Waals surface area contributed by atoms with Crippen molar-refractivity contribution in [1.82, 2.24) is 5.32 Å². The molecule has 0 aliphatic carbocycles. The topological polar surface area (TPSA) is 89.8 Å². The maximum atomic E-state index is 12.3. The highest BCUT2D eigenvalue weighted by atomic mass is 16.3. The Kier molecular flexibility index (Phi) is 28.9. The highest BCUT2D eigenvalue weighted by molar-refractivity contribution is 5.76. The number of carbonyl (C=O) groups is 1. The minimum Gasteiger partial charge on any atom is -0.394 e. The number of nitrogens with one attached hydrogen (secondary N) is 1. The molecule has 0 radical (unpaired) electrons. The molecule has 0 rings (SSSR count). The molecule has 0 heterocycles. The van der Waals surface area contributed by atoms with Crippen molar-refractivity contribution >= 4 is 5.91 Å². The third-order valence-electron chi connectivity index (χ3n) is 7.49. The molecule has 5 nitrogen and oxygen atoms in total. The predicted octanol–water partition coefficient (Wildman–Crippen LogP) is 8.31. The standard InChI is InChI=1S/C34H65NO4/c1-3-5-7-9-11-13-14-15-16-17-18-19-20-22-24-26-28-33(38)32(30-36)35-34(39)29-31(37)27-25-23-21-12-10-8-6-4-2/h19-20,26,28,31-33,36-38H,3-18,21-25,27,29-30H2,1-2H3,(H,35,39)/b20-19+,28-26+. The lowest BCUT2D eigenvalue weighted by Crippen LogP contribution is -2.45. The van der Waals surface area contributed by atoms with Gasteiger partial charge in [-0.05, 0) is 32.1 Å². The largest absolute Gasteiger partial charge is 0.394 e. The second-order valence-electron chi connectivity index (χ2n) is 11.4. The van der Waals surface area contributed by atoms with E-state index < -0.39 is 18.2 Å². The van der Waals surface area contributed by atoms with Crippen LogP contribution in [0.2, 0.25) is 0 Å². The van der Waals surface area contributed by atoms with Gasteiger partial charge in [-0.1, -0.05) is 147 Å². The Morgan fingerprint density at radius 2 is 1.10 bits per heavy atom. The van der Waals surface area contributed by atoms with E-state index in [1.54, 1.807) is 6.08 Å². The Balaban J connectivity index is 3.82. The summed E-state index contributed by atoms with van der Waals surface area (Å²) in [5.41, 5.74) is 0.